The standard InChI is InChI=1S/C15H12ClF2NO2/c16-11-3-1-2-4-14(11)21-8-7-15(20)19-13-6-5-10(17)9-12(13)18/h1-6,9H,7-8H2,(H,19,20). The van der Waals surface area contributed by atoms with Crippen LogP contribution in [0.25, 0.3) is 0 Å². The van der Waals surface area contributed by atoms with Crippen molar-refractivity contribution in [3.8, 4) is 5.75 Å². The molecule has 1 N–H and O–H groups in total. The van der Waals surface area contributed by atoms with E-state index in [0.29, 0.717) is 16.8 Å². The van der Waals surface area contributed by atoms with Gasteiger partial charge in [-0.1, -0.05) is 23.7 Å². The number of carbonyl (C=O) groups excluding carboxylic acids is 1. The summed E-state index contributed by atoms with van der Waals surface area (Å²) in [7, 11) is 0. The van der Waals surface area contributed by atoms with E-state index in [4.69, 9.17) is 16.3 Å². The Labute approximate surface area is 125 Å². The second-order valence-electron chi connectivity index (χ2n) is 4.20. The van der Waals surface area contributed by atoms with Crippen LogP contribution in [0.15, 0.2) is 42.5 Å². The van der Waals surface area contributed by atoms with Crippen molar-refractivity contribution < 1.29 is 18.3 Å². The summed E-state index contributed by atoms with van der Waals surface area (Å²) in [6.07, 6.45) is 0.0159. The van der Waals surface area contributed by atoms with Crippen LogP contribution < -0.4 is 10.1 Å². The molecule has 0 aliphatic rings. The summed E-state index contributed by atoms with van der Waals surface area (Å²) in [5, 5.41) is 2.79. The molecular formula is C15H12ClF2NO2. The molecule has 0 bridgehead atoms. The number of amides is 1. The van der Waals surface area contributed by atoms with Crippen molar-refractivity contribution in [2.75, 3.05) is 11.9 Å². The predicted molar refractivity (Wildman–Crippen MR) is 76.6 cm³/mol. The quantitative estimate of drug-likeness (QED) is 0.905. The number of anilines is 1. The van der Waals surface area contributed by atoms with Crippen LogP contribution in [0.2, 0.25) is 5.02 Å². The Balaban J connectivity index is 1.84. The molecule has 0 atom stereocenters. The van der Waals surface area contributed by atoms with E-state index in [0.717, 1.165) is 12.1 Å². The Morgan fingerprint density at radius 3 is 2.67 bits per heavy atom. The highest BCUT2D eigenvalue weighted by Crippen LogP contribution is 2.23. The van der Waals surface area contributed by atoms with Gasteiger partial charge in [-0.3, -0.25) is 4.79 Å². The number of nitrogens with one attached hydrogen (secondary N) is 1. The van der Waals surface area contributed by atoms with Crippen LogP contribution in [-0.2, 0) is 4.79 Å². The molecule has 0 saturated heterocycles. The van der Waals surface area contributed by atoms with Gasteiger partial charge in [0.1, 0.15) is 17.4 Å². The second-order valence-corrected chi connectivity index (χ2v) is 4.61. The maximum Gasteiger partial charge on any atom is 0.227 e. The zero-order valence-electron chi connectivity index (χ0n) is 10.9. The first-order chi connectivity index (χ1) is 10.1. The highest BCUT2D eigenvalue weighted by atomic mass is 35.5. The minimum absolute atomic E-state index is 0.0159. The van der Waals surface area contributed by atoms with Crippen molar-refractivity contribution >= 4 is 23.2 Å². The molecule has 2 aromatic carbocycles. The van der Waals surface area contributed by atoms with E-state index in [9.17, 15) is 13.6 Å². The molecule has 21 heavy (non-hydrogen) atoms. The number of rotatable bonds is 5. The van der Waals surface area contributed by atoms with Crippen LogP contribution in [0.1, 0.15) is 6.42 Å². The highest BCUT2D eigenvalue weighted by molar-refractivity contribution is 6.32. The number of halogens is 3. The minimum Gasteiger partial charge on any atom is -0.491 e. The van der Waals surface area contributed by atoms with Crippen molar-refractivity contribution in [2.45, 2.75) is 6.42 Å². The van der Waals surface area contributed by atoms with Crippen LogP contribution in [0.3, 0.4) is 0 Å². The molecule has 0 heterocycles. The minimum atomic E-state index is -0.824. The van der Waals surface area contributed by atoms with E-state index in [1.54, 1.807) is 24.3 Å². The Morgan fingerprint density at radius 2 is 1.95 bits per heavy atom. The van der Waals surface area contributed by atoms with Crippen molar-refractivity contribution in [3.63, 3.8) is 0 Å². The van der Waals surface area contributed by atoms with Crippen LogP contribution in [-0.4, -0.2) is 12.5 Å². The third kappa shape index (κ3) is 4.43. The summed E-state index contributed by atoms with van der Waals surface area (Å²) in [6, 6.07) is 9.81. The van der Waals surface area contributed by atoms with Gasteiger partial charge >= 0.3 is 0 Å². The largest absolute Gasteiger partial charge is 0.491 e. The van der Waals surface area contributed by atoms with E-state index >= 15 is 0 Å². The molecule has 2 aromatic rings. The zero-order chi connectivity index (χ0) is 15.2. The van der Waals surface area contributed by atoms with Crippen molar-refractivity contribution in [1.29, 1.82) is 0 Å². The number of benzene rings is 2. The van der Waals surface area contributed by atoms with Crippen LogP contribution in [0, 0.1) is 11.6 Å². The first-order valence-corrected chi connectivity index (χ1v) is 6.56. The molecule has 0 fully saturated rings. The molecule has 0 unspecified atom stereocenters. The summed E-state index contributed by atoms with van der Waals surface area (Å²) >= 11 is 5.89. The van der Waals surface area contributed by atoms with Crippen LogP contribution in [0.5, 0.6) is 5.75 Å². The smallest absolute Gasteiger partial charge is 0.227 e. The second kappa shape index (κ2) is 7.04. The van der Waals surface area contributed by atoms with Crippen LogP contribution >= 0.6 is 11.6 Å². The van der Waals surface area contributed by atoms with Gasteiger partial charge in [0.2, 0.25) is 5.91 Å². The average molecular weight is 312 g/mol. The molecule has 3 nitrogen and oxygen atoms in total. The van der Waals surface area contributed by atoms with Crippen LogP contribution in [0.4, 0.5) is 14.5 Å². The monoisotopic (exact) mass is 311 g/mol. The first kappa shape index (κ1) is 15.3. The lowest BCUT2D eigenvalue weighted by Gasteiger charge is -2.09. The van der Waals surface area contributed by atoms with Crippen molar-refractivity contribution in [1.82, 2.24) is 0 Å². The Kier molecular flexibility index (Phi) is 5.11. The van der Waals surface area contributed by atoms with Crippen molar-refractivity contribution in [3.05, 3.63) is 59.1 Å². The Bertz CT molecular complexity index is 649. The number of carbonyl (C=O) groups is 1. The number of ether oxygens (including phenoxy) is 1. The van der Waals surface area contributed by atoms with Gasteiger partial charge in [-0.2, -0.15) is 0 Å². The lowest BCUT2D eigenvalue weighted by Crippen LogP contribution is -2.16. The fourth-order valence-electron chi connectivity index (χ4n) is 1.62. The van der Waals surface area contributed by atoms with Crippen molar-refractivity contribution in [2.24, 2.45) is 0 Å². The molecule has 0 spiro atoms. The zero-order valence-corrected chi connectivity index (χ0v) is 11.7. The molecule has 2 rings (SSSR count). The third-order valence-corrected chi connectivity index (χ3v) is 2.94. The maximum atomic E-state index is 13.3. The summed E-state index contributed by atoms with van der Waals surface area (Å²) in [6.45, 7) is 0.0956. The lowest BCUT2D eigenvalue weighted by atomic mass is 10.3. The average Bonchev–Trinajstić information content (AvgIpc) is 2.44. The number of para-hydroxylation sites is 1. The lowest BCUT2D eigenvalue weighted by molar-refractivity contribution is -0.116. The van der Waals surface area contributed by atoms with Gasteiger partial charge in [-0.05, 0) is 24.3 Å². The predicted octanol–water partition coefficient (Wildman–Crippen LogP) is 4.03. The fourth-order valence-corrected chi connectivity index (χ4v) is 1.81. The number of hydrogen-bond acceptors (Lipinski definition) is 2. The molecular weight excluding hydrogens is 300 g/mol. The maximum absolute atomic E-state index is 13.3. The molecule has 0 aromatic heterocycles. The molecule has 6 heteroatoms. The summed E-state index contributed by atoms with van der Waals surface area (Å²) in [5.41, 5.74) is -0.0702. The molecule has 0 aliphatic heterocycles. The first-order valence-electron chi connectivity index (χ1n) is 6.18. The van der Waals surface area contributed by atoms with Gasteiger partial charge in [-0.25, -0.2) is 8.78 Å². The molecule has 110 valence electrons. The van der Waals surface area contributed by atoms with Gasteiger partial charge in [0.25, 0.3) is 0 Å². The van der Waals surface area contributed by atoms with E-state index in [1.165, 1.54) is 0 Å². The summed E-state index contributed by atoms with van der Waals surface area (Å²) in [5.74, 6) is -1.49. The third-order valence-electron chi connectivity index (χ3n) is 2.63. The Morgan fingerprint density at radius 1 is 1.19 bits per heavy atom. The van der Waals surface area contributed by atoms with E-state index in [1.807, 2.05) is 0 Å². The Hall–Kier alpha value is -2.14. The number of hydrogen-bond donors (Lipinski definition) is 1. The van der Waals surface area contributed by atoms with E-state index in [-0.39, 0.29) is 18.7 Å². The summed E-state index contributed by atoms with van der Waals surface area (Å²) < 4.78 is 31.4. The SMILES string of the molecule is O=C(CCOc1ccccc1Cl)Nc1ccc(F)cc1F. The molecule has 0 radical (unpaired) electrons. The highest BCUT2D eigenvalue weighted by Gasteiger charge is 2.08. The van der Waals surface area contributed by atoms with E-state index < -0.39 is 17.5 Å². The fraction of sp³-hybridized carbons (Fsp3) is 0.133. The van der Waals surface area contributed by atoms with Gasteiger partial charge in [0.15, 0.2) is 0 Å². The summed E-state index contributed by atoms with van der Waals surface area (Å²) in [4.78, 5) is 11.6. The van der Waals surface area contributed by atoms with Gasteiger partial charge in [0.05, 0.1) is 23.7 Å². The van der Waals surface area contributed by atoms with E-state index in [2.05, 4.69) is 5.32 Å². The van der Waals surface area contributed by atoms with Gasteiger partial charge in [0, 0.05) is 6.07 Å². The molecule has 0 saturated carbocycles. The van der Waals surface area contributed by atoms with Gasteiger partial charge in [-0.15, -0.1) is 0 Å². The van der Waals surface area contributed by atoms with Gasteiger partial charge < -0.3 is 10.1 Å². The molecule has 0 aliphatic carbocycles. The normalized spacial score (nSPS) is 10.2. The molecule has 1 amide bonds. The topological polar surface area (TPSA) is 38.3 Å².